The Labute approximate surface area is 113 Å². The molecule has 100 valence electrons. The van der Waals surface area contributed by atoms with Crippen molar-refractivity contribution in [2.45, 2.75) is 10.6 Å². The van der Waals surface area contributed by atoms with Gasteiger partial charge < -0.3 is 20.1 Å². The van der Waals surface area contributed by atoms with Gasteiger partial charge in [0.1, 0.15) is 11.5 Å². The zero-order chi connectivity index (χ0) is 13.8. The van der Waals surface area contributed by atoms with Gasteiger partial charge in [0, 0.05) is 22.7 Å². The lowest BCUT2D eigenvalue weighted by molar-refractivity contribution is 0.0685. The maximum absolute atomic E-state index is 10.7. The van der Waals surface area contributed by atoms with Crippen LogP contribution in [-0.4, -0.2) is 23.3 Å². The van der Waals surface area contributed by atoms with E-state index in [1.165, 1.54) is 17.8 Å². The molecule has 0 atom stereocenters. The highest BCUT2D eigenvalue weighted by molar-refractivity contribution is 7.98. The van der Waals surface area contributed by atoms with E-state index in [-0.39, 0.29) is 5.69 Å². The van der Waals surface area contributed by atoms with Gasteiger partial charge in [0.25, 0.3) is 0 Å². The Balaban J connectivity index is 2.07. The van der Waals surface area contributed by atoms with E-state index in [2.05, 4.69) is 5.16 Å². The summed E-state index contributed by atoms with van der Waals surface area (Å²) in [6, 6.07) is 6.74. The lowest BCUT2D eigenvalue weighted by atomic mass is 10.3. The van der Waals surface area contributed by atoms with Crippen molar-refractivity contribution in [3.63, 3.8) is 0 Å². The van der Waals surface area contributed by atoms with E-state index in [0.29, 0.717) is 22.9 Å². The number of ether oxygens (including phenoxy) is 1. The van der Waals surface area contributed by atoms with Gasteiger partial charge in [-0.15, -0.1) is 11.8 Å². The highest BCUT2D eigenvalue weighted by atomic mass is 32.2. The third-order valence-corrected chi connectivity index (χ3v) is 3.41. The molecule has 2 aromatic rings. The molecule has 1 aromatic carbocycles. The van der Waals surface area contributed by atoms with Crippen molar-refractivity contribution in [3.05, 3.63) is 35.7 Å². The van der Waals surface area contributed by atoms with Crippen molar-refractivity contribution in [3.8, 4) is 5.75 Å². The number of nitrogens with two attached hydrogens (primary N) is 1. The number of nitrogen functional groups attached to an aromatic ring is 1. The fourth-order valence-electron chi connectivity index (χ4n) is 1.43. The van der Waals surface area contributed by atoms with Crippen LogP contribution in [0.15, 0.2) is 33.7 Å². The minimum absolute atomic E-state index is 0.0973. The number of thioether (sulfide) groups is 1. The summed E-state index contributed by atoms with van der Waals surface area (Å²) >= 11 is 1.45. The van der Waals surface area contributed by atoms with Crippen LogP contribution in [0.2, 0.25) is 0 Å². The summed E-state index contributed by atoms with van der Waals surface area (Å²) in [5.41, 5.74) is 6.19. The van der Waals surface area contributed by atoms with Crippen molar-refractivity contribution < 1.29 is 19.2 Å². The summed E-state index contributed by atoms with van der Waals surface area (Å²) in [5, 5.41) is 12.2. The lowest BCUT2D eigenvalue weighted by Gasteiger charge is -2.07. The zero-order valence-corrected chi connectivity index (χ0v) is 10.9. The average Bonchev–Trinajstić information content (AvgIpc) is 2.86. The van der Waals surface area contributed by atoms with E-state index in [0.717, 1.165) is 4.90 Å². The molecular formula is C12H12N2O4S. The third kappa shape index (κ3) is 3.19. The van der Waals surface area contributed by atoms with Crippen LogP contribution in [-0.2, 0) is 5.75 Å². The van der Waals surface area contributed by atoms with E-state index in [4.69, 9.17) is 20.1 Å². The molecule has 3 N–H and O–H groups in total. The maximum Gasteiger partial charge on any atom is 0.358 e. The topological polar surface area (TPSA) is 98.6 Å². The Hall–Kier alpha value is -2.15. The number of carbonyl (C=O) groups is 1. The SMILES string of the molecule is COc1cc(N)ccc1SCc1cc(C(=O)O)no1. The Bertz CT molecular complexity index is 597. The number of nitrogens with zero attached hydrogens (tertiary/aromatic N) is 1. The lowest BCUT2D eigenvalue weighted by Crippen LogP contribution is -1.94. The smallest absolute Gasteiger partial charge is 0.358 e. The van der Waals surface area contributed by atoms with Gasteiger partial charge in [-0.1, -0.05) is 5.16 Å². The Morgan fingerprint density at radius 3 is 2.95 bits per heavy atom. The Morgan fingerprint density at radius 2 is 2.32 bits per heavy atom. The van der Waals surface area contributed by atoms with Gasteiger partial charge in [-0.2, -0.15) is 0 Å². The number of hydrogen-bond donors (Lipinski definition) is 2. The van der Waals surface area contributed by atoms with Gasteiger partial charge in [-0.3, -0.25) is 0 Å². The summed E-state index contributed by atoms with van der Waals surface area (Å²) < 4.78 is 10.1. The number of aromatic nitrogens is 1. The number of rotatable bonds is 5. The Kier molecular flexibility index (Phi) is 3.96. The first-order chi connectivity index (χ1) is 9.10. The second kappa shape index (κ2) is 5.66. The van der Waals surface area contributed by atoms with Gasteiger partial charge in [-0.05, 0) is 12.1 Å². The van der Waals surface area contributed by atoms with Crippen molar-refractivity contribution >= 4 is 23.4 Å². The van der Waals surface area contributed by atoms with E-state index in [1.807, 2.05) is 6.07 Å². The molecule has 6 nitrogen and oxygen atoms in total. The molecule has 0 radical (unpaired) electrons. The summed E-state index contributed by atoms with van der Waals surface area (Å²) in [6.07, 6.45) is 0. The fraction of sp³-hybridized carbons (Fsp3) is 0.167. The van der Waals surface area contributed by atoms with Gasteiger partial charge >= 0.3 is 5.97 Å². The van der Waals surface area contributed by atoms with Gasteiger partial charge in [0.15, 0.2) is 5.69 Å². The fourth-order valence-corrected chi connectivity index (χ4v) is 2.32. The van der Waals surface area contributed by atoms with Crippen LogP contribution >= 0.6 is 11.8 Å². The van der Waals surface area contributed by atoms with Crippen LogP contribution in [0.1, 0.15) is 16.2 Å². The highest BCUT2D eigenvalue weighted by Gasteiger charge is 2.12. The van der Waals surface area contributed by atoms with Crippen LogP contribution in [0.3, 0.4) is 0 Å². The highest BCUT2D eigenvalue weighted by Crippen LogP contribution is 2.33. The first-order valence-electron chi connectivity index (χ1n) is 5.35. The molecule has 0 aliphatic rings. The number of anilines is 1. The molecule has 2 rings (SSSR count). The molecule has 0 spiro atoms. The number of aromatic carboxylic acids is 1. The van der Waals surface area contributed by atoms with Gasteiger partial charge in [0.2, 0.25) is 0 Å². The van der Waals surface area contributed by atoms with Crippen molar-refractivity contribution in [2.24, 2.45) is 0 Å². The molecule has 0 saturated heterocycles. The molecule has 0 fully saturated rings. The number of methoxy groups -OCH3 is 1. The van der Waals surface area contributed by atoms with Crippen molar-refractivity contribution in [1.82, 2.24) is 5.16 Å². The molecule has 1 heterocycles. The molecule has 0 aliphatic carbocycles. The standard InChI is InChI=1S/C12H12N2O4S/c1-17-10-4-7(13)2-3-11(10)19-6-8-5-9(12(15)16)14-18-8/h2-5H,6,13H2,1H3,(H,15,16). The molecule has 7 heteroatoms. The number of benzene rings is 1. The molecule has 0 aliphatic heterocycles. The van der Waals surface area contributed by atoms with E-state index < -0.39 is 5.97 Å². The molecule has 1 aromatic heterocycles. The monoisotopic (exact) mass is 280 g/mol. The van der Waals surface area contributed by atoms with Crippen LogP contribution < -0.4 is 10.5 Å². The Morgan fingerprint density at radius 1 is 1.53 bits per heavy atom. The second-order valence-electron chi connectivity index (χ2n) is 3.68. The van der Waals surface area contributed by atoms with Crippen LogP contribution in [0, 0.1) is 0 Å². The minimum atomic E-state index is -1.11. The summed E-state index contributed by atoms with van der Waals surface area (Å²) in [6.45, 7) is 0. The molecular weight excluding hydrogens is 268 g/mol. The van der Waals surface area contributed by atoms with Gasteiger partial charge in [-0.25, -0.2) is 4.79 Å². The summed E-state index contributed by atoms with van der Waals surface area (Å²) in [7, 11) is 1.57. The number of hydrogen-bond acceptors (Lipinski definition) is 6. The van der Waals surface area contributed by atoms with Crippen molar-refractivity contribution in [1.29, 1.82) is 0 Å². The predicted octanol–water partition coefficient (Wildman–Crippen LogP) is 2.26. The van der Waals surface area contributed by atoms with Crippen LogP contribution in [0.4, 0.5) is 5.69 Å². The molecule has 0 saturated carbocycles. The third-order valence-electron chi connectivity index (χ3n) is 2.34. The number of carboxylic acid groups (broad SMARTS) is 1. The number of carboxylic acids is 1. The summed E-state index contributed by atoms with van der Waals surface area (Å²) in [4.78, 5) is 11.6. The molecule has 0 unspecified atom stereocenters. The average molecular weight is 280 g/mol. The van der Waals surface area contributed by atoms with E-state index >= 15 is 0 Å². The molecule has 0 amide bonds. The van der Waals surface area contributed by atoms with Gasteiger partial charge in [0.05, 0.1) is 12.9 Å². The second-order valence-corrected chi connectivity index (χ2v) is 4.70. The first-order valence-corrected chi connectivity index (χ1v) is 6.34. The van der Waals surface area contributed by atoms with E-state index in [9.17, 15) is 4.79 Å². The maximum atomic E-state index is 10.7. The predicted molar refractivity (Wildman–Crippen MR) is 70.4 cm³/mol. The quantitative estimate of drug-likeness (QED) is 0.640. The largest absolute Gasteiger partial charge is 0.496 e. The van der Waals surface area contributed by atoms with Crippen LogP contribution in [0.25, 0.3) is 0 Å². The first kappa shape index (κ1) is 13.3. The molecule has 0 bridgehead atoms. The van der Waals surface area contributed by atoms with Crippen LogP contribution in [0.5, 0.6) is 5.75 Å². The van der Waals surface area contributed by atoms with E-state index in [1.54, 1.807) is 19.2 Å². The molecule has 19 heavy (non-hydrogen) atoms. The van der Waals surface area contributed by atoms with Crippen molar-refractivity contribution in [2.75, 3.05) is 12.8 Å². The summed E-state index contributed by atoms with van der Waals surface area (Å²) in [5.74, 6) is 0.509. The minimum Gasteiger partial charge on any atom is -0.496 e. The zero-order valence-electron chi connectivity index (χ0n) is 10.1. The normalized spacial score (nSPS) is 10.4.